The lowest BCUT2D eigenvalue weighted by atomic mass is 9.92. The second-order valence-electron chi connectivity index (χ2n) is 5.61. The molecule has 3 rings (SSSR count). The second kappa shape index (κ2) is 6.20. The van der Waals surface area contributed by atoms with Crippen molar-refractivity contribution in [2.24, 2.45) is 0 Å². The highest BCUT2D eigenvalue weighted by Crippen LogP contribution is 2.33. The largest absolute Gasteiger partial charge is 0.456 e. The normalized spacial score (nSPS) is 15.4. The third-order valence-electron chi connectivity index (χ3n) is 3.99. The second-order valence-corrected chi connectivity index (χ2v) is 6.46. The van der Waals surface area contributed by atoms with E-state index in [4.69, 9.17) is 4.74 Å². The van der Waals surface area contributed by atoms with Gasteiger partial charge in [-0.05, 0) is 89.5 Å². The van der Waals surface area contributed by atoms with Crippen LogP contribution in [0.1, 0.15) is 42.6 Å². The number of fused-ring (bicyclic) bond motifs is 1. The molecular weight excluding hydrogens is 328 g/mol. The maximum Gasteiger partial charge on any atom is 0.141 e. The number of ether oxygens (including phenoxy) is 1. The molecule has 2 aromatic carbocycles. The Kier molecular flexibility index (Phi) is 4.32. The van der Waals surface area contributed by atoms with Crippen LogP contribution >= 0.6 is 15.9 Å². The Morgan fingerprint density at radius 1 is 1.05 bits per heavy atom. The number of benzene rings is 2. The standard InChI is InChI=1S/C18H19BrO2/c1-12(20)14-7-9-18(17(19)11-14)21-16-8-6-13-4-2-3-5-15(13)10-16/h6-12,20H,2-5H2,1H3/t12-/m1/s1. The smallest absolute Gasteiger partial charge is 0.141 e. The predicted molar refractivity (Wildman–Crippen MR) is 87.9 cm³/mol. The molecule has 0 bridgehead atoms. The molecule has 2 aromatic rings. The van der Waals surface area contributed by atoms with E-state index in [0.29, 0.717) is 0 Å². The average Bonchev–Trinajstić information content (AvgIpc) is 2.49. The average molecular weight is 347 g/mol. The summed E-state index contributed by atoms with van der Waals surface area (Å²) in [5.74, 6) is 1.65. The van der Waals surface area contributed by atoms with Gasteiger partial charge in [0.25, 0.3) is 0 Å². The summed E-state index contributed by atoms with van der Waals surface area (Å²) >= 11 is 3.51. The van der Waals surface area contributed by atoms with Gasteiger partial charge in [0.05, 0.1) is 10.6 Å². The van der Waals surface area contributed by atoms with E-state index in [1.54, 1.807) is 6.92 Å². The minimum atomic E-state index is -0.473. The maximum atomic E-state index is 9.60. The van der Waals surface area contributed by atoms with Crippen LogP contribution in [-0.4, -0.2) is 5.11 Å². The monoisotopic (exact) mass is 346 g/mol. The fourth-order valence-corrected chi connectivity index (χ4v) is 3.24. The Bertz CT molecular complexity index is 650. The van der Waals surface area contributed by atoms with Gasteiger partial charge in [0.15, 0.2) is 0 Å². The van der Waals surface area contributed by atoms with Crippen LogP contribution in [0.5, 0.6) is 11.5 Å². The summed E-state index contributed by atoms with van der Waals surface area (Å²) in [7, 11) is 0. The summed E-state index contributed by atoms with van der Waals surface area (Å²) < 4.78 is 6.84. The van der Waals surface area contributed by atoms with Crippen LogP contribution in [0.15, 0.2) is 40.9 Å². The number of halogens is 1. The molecule has 0 unspecified atom stereocenters. The van der Waals surface area contributed by atoms with Crippen molar-refractivity contribution in [3.05, 3.63) is 57.6 Å². The molecule has 0 spiro atoms. The van der Waals surface area contributed by atoms with E-state index in [0.717, 1.165) is 28.0 Å². The van der Waals surface area contributed by atoms with Crippen molar-refractivity contribution in [1.29, 1.82) is 0 Å². The highest BCUT2D eigenvalue weighted by atomic mass is 79.9. The molecule has 0 radical (unpaired) electrons. The van der Waals surface area contributed by atoms with Gasteiger partial charge in [-0.1, -0.05) is 12.1 Å². The van der Waals surface area contributed by atoms with E-state index < -0.39 is 6.10 Å². The zero-order chi connectivity index (χ0) is 14.8. The Morgan fingerprint density at radius 3 is 2.52 bits per heavy atom. The quantitative estimate of drug-likeness (QED) is 0.830. The molecule has 0 heterocycles. The summed E-state index contributed by atoms with van der Waals surface area (Å²) in [6.45, 7) is 1.76. The summed E-state index contributed by atoms with van der Waals surface area (Å²) in [6.07, 6.45) is 4.42. The van der Waals surface area contributed by atoms with Gasteiger partial charge in [0, 0.05) is 0 Å². The third-order valence-corrected chi connectivity index (χ3v) is 4.61. The van der Waals surface area contributed by atoms with Gasteiger partial charge < -0.3 is 9.84 Å². The summed E-state index contributed by atoms with van der Waals surface area (Å²) in [6, 6.07) is 12.1. The van der Waals surface area contributed by atoms with Crippen LogP contribution in [0.3, 0.4) is 0 Å². The predicted octanol–water partition coefficient (Wildman–Crippen LogP) is 5.17. The molecular formula is C18H19BrO2. The van der Waals surface area contributed by atoms with Crippen LogP contribution in [-0.2, 0) is 12.8 Å². The van der Waals surface area contributed by atoms with Crippen LogP contribution in [0.25, 0.3) is 0 Å². The van der Waals surface area contributed by atoms with Gasteiger partial charge in [-0.25, -0.2) is 0 Å². The fraction of sp³-hybridized carbons (Fsp3) is 0.333. The first-order valence-corrected chi connectivity index (χ1v) is 8.20. The molecule has 0 aliphatic heterocycles. The van der Waals surface area contributed by atoms with E-state index in [1.807, 2.05) is 24.3 Å². The lowest BCUT2D eigenvalue weighted by Crippen LogP contribution is -2.02. The van der Waals surface area contributed by atoms with Crippen LogP contribution in [0.4, 0.5) is 0 Å². The maximum absolute atomic E-state index is 9.60. The van der Waals surface area contributed by atoms with Crippen molar-refractivity contribution >= 4 is 15.9 Å². The van der Waals surface area contributed by atoms with E-state index in [1.165, 1.54) is 30.4 Å². The first kappa shape index (κ1) is 14.6. The summed E-state index contributed by atoms with van der Waals surface area (Å²) in [4.78, 5) is 0. The molecule has 0 saturated carbocycles. The van der Waals surface area contributed by atoms with Crippen LogP contribution < -0.4 is 4.74 Å². The van der Waals surface area contributed by atoms with E-state index in [2.05, 4.69) is 28.1 Å². The Hall–Kier alpha value is -1.32. The molecule has 1 aliphatic rings. The highest BCUT2D eigenvalue weighted by molar-refractivity contribution is 9.10. The van der Waals surface area contributed by atoms with Crippen molar-refractivity contribution in [1.82, 2.24) is 0 Å². The van der Waals surface area contributed by atoms with Crippen LogP contribution in [0, 0.1) is 0 Å². The molecule has 0 saturated heterocycles. The number of hydrogen-bond acceptors (Lipinski definition) is 2. The van der Waals surface area contributed by atoms with Crippen molar-refractivity contribution in [2.75, 3.05) is 0 Å². The van der Waals surface area contributed by atoms with E-state index >= 15 is 0 Å². The van der Waals surface area contributed by atoms with Crippen molar-refractivity contribution in [3.8, 4) is 11.5 Å². The lowest BCUT2D eigenvalue weighted by Gasteiger charge is -2.17. The van der Waals surface area contributed by atoms with Crippen molar-refractivity contribution < 1.29 is 9.84 Å². The van der Waals surface area contributed by atoms with Gasteiger partial charge >= 0.3 is 0 Å². The third kappa shape index (κ3) is 3.30. The number of rotatable bonds is 3. The summed E-state index contributed by atoms with van der Waals surface area (Å²) in [5, 5.41) is 9.60. The molecule has 1 atom stereocenters. The van der Waals surface area contributed by atoms with Crippen LogP contribution in [0.2, 0.25) is 0 Å². The zero-order valence-corrected chi connectivity index (χ0v) is 13.7. The van der Waals surface area contributed by atoms with Gasteiger partial charge in [-0.2, -0.15) is 0 Å². The molecule has 1 aliphatic carbocycles. The van der Waals surface area contributed by atoms with Gasteiger partial charge in [-0.15, -0.1) is 0 Å². The number of aryl methyl sites for hydroxylation is 2. The Balaban J connectivity index is 1.83. The molecule has 21 heavy (non-hydrogen) atoms. The zero-order valence-electron chi connectivity index (χ0n) is 12.1. The minimum absolute atomic E-state index is 0.473. The van der Waals surface area contributed by atoms with Crippen molar-refractivity contribution in [2.45, 2.75) is 38.7 Å². The molecule has 0 aromatic heterocycles. The fourth-order valence-electron chi connectivity index (χ4n) is 2.76. The first-order valence-electron chi connectivity index (χ1n) is 7.40. The molecule has 1 N–H and O–H groups in total. The number of hydrogen-bond donors (Lipinski definition) is 1. The molecule has 2 nitrogen and oxygen atoms in total. The molecule has 3 heteroatoms. The van der Waals surface area contributed by atoms with Gasteiger partial charge in [-0.3, -0.25) is 0 Å². The topological polar surface area (TPSA) is 29.5 Å². The first-order chi connectivity index (χ1) is 10.1. The van der Waals surface area contributed by atoms with E-state index in [9.17, 15) is 5.11 Å². The SMILES string of the molecule is C[C@@H](O)c1ccc(Oc2ccc3c(c2)CCCC3)c(Br)c1. The highest BCUT2D eigenvalue weighted by Gasteiger charge is 2.11. The Labute approximate surface area is 133 Å². The molecule has 0 amide bonds. The summed E-state index contributed by atoms with van der Waals surface area (Å²) in [5.41, 5.74) is 3.74. The number of aliphatic hydroxyl groups excluding tert-OH is 1. The lowest BCUT2D eigenvalue weighted by molar-refractivity contribution is 0.199. The van der Waals surface area contributed by atoms with Gasteiger partial charge in [0.2, 0.25) is 0 Å². The van der Waals surface area contributed by atoms with Crippen molar-refractivity contribution in [3.63, 3.8) is 0 Å². The van der Waals surface area contributed by atoms with E-state index in [-0.39, 0.29) is 0 Å². The number of aliphatic hydroxyl groups is 1. The minimum Gasteiger partial charge on any atom is -0.456 e. The molecule has 0 fully saturated rings. The molecule has 110 valence electrons. The Morgan fingerprint density at radius 2 is 1.81 bits per heavy atom. The van der Waals surface area contributed by atoms with Gasteiger partial charge in [0.1, 0.15) is 11.5 Å².